The van der Waals surface area contributed by atoms with Gasteiger partial charge in [-0.05, 0) is 68.8 Å². The largest absolute Gasteiger partial charge is 0.462 e. The zero-order valence-electron chi connectivity index (χ0n) is 17.3. The number of carbonyl (C=O) groups excluding carboxylic acids is 1. The highest BCUT2D eigenvalue weighted by atomic mass is 32.2. The van der Waals surface area contributed by atoms with Gasteiger partial charge in [-0.1, -0.05) is 35.4 Å². The average Bonchev–Trinajstić information content (AvgIpc) is 2.73. The van der Waals surface area contributed by atoms with Gasteiger partial charge in [0.1, 0.15) is 0 Å². The molecule has 0 aliphatic carbocycles. The maximum Gasteiger partial charge on any atom is 0.338 e. The number of aryl methyl sites for hydroxylation is 2. The molecule has 3 rings (SSSR count). The molecule has 0 bridgehead atoms. The van der Waals surface area contributed by atoms with Crippen molar-refractivity contribution < 1.29 is 17.9 Å². The monoisotopic (exact) mass is 423 g/mol. The second-order valence-corrected chi connectivity index (χ2v) is 9.00. The summed E-state index contributed by atoms with van der Waals surface area (Å²) in [4.78, 5) is 12.3. The molecule has 5 nitrogen and oxygen atoms in total. The van der Waals surface area contributed by atoms with Crippen LogP contribution in [0.1, 0.15) is 34.0 Å². The van der Waals surface area contributed by atoms with Crippen LogP contribution in [0.25, 0.3) is 0 Å². The molecule has 3 aromatic carbocycles. The third-order valence-corrected chi connectivity index (χ3v) is 6.59. The van der Waals surface area contributed by atoms with Gasteiger partial charge in [0, 0.05) is 12.2 Å². The van der Waals surface area contributed by atoms with Crippen LogP contribution in [-0.4, -0.2) is 21.0 Å². The molecular weight excluding hydrogens is 398 g/mol. The van der Waals surface area contributed by atoms with E-state index in [-0.39, 0.29) is 15.8 Å². The number of rotatable bonds is 7. The van der Waals surface area contributed by atoms with Crippen molar-refractivity contribution in [1.82, 2.24) is 0 Å². The highest BCUT2D eigenvalue weighted by Gasteiger charge is 2.21. The molecule has 1 N–H and O–H groups in total. The lowest BCUT2D eigenvalue weighted by Crippen LogP contribution is -2.10. The van der Waals surface area contributed by atoms with Gasteiger partial charge in [-0.3, -0.25) is 0 Å². The van der Waals surface area contributed by atoms with Gasteiger partial charge in [0.15, 0.2) is 0 Å². The molecule has 0 atom stereocenters. The van der Waals surface area contributed by atoms with Crippen molar-refractivity contribution >= 4 is 21.5 Å². The zero-order chi connectivity index (χ0) is 21.7. The quantitative estimate of drug-likeness (QED) is 0.546. The van der Waals surface area contributed by atoms with Gasteiger partial charge in [-0.15, -0.1) is 0 Å². The van der Waals surface area contributed by atoms with Crippen molar-refractivity contribution in [1.29, 1.82) is 0 Å². The van der Waals surface area contributed by atoms with E-state index in [1.807, 2.05) is 19.9 Å². The summed E-state index contributed by atoms with van der Waals surface area (Å²) in [7, 11) is -3.63. The third-order valence-electron chi connectivity index (χ3n) is 4.72. The minimum atomic E-state index is -3.63. The Morgan fingerprint density at radius 1 is 0.900 bits per heavy atom. The molecule has 0 saturated heterocycles. The smallest absolute Gasteiger partial charge is 0.338 e. The van der Waals surface area contributed by atoms with Crippen LogP contribution < -0.4 is 5.32 Å². The maximum absolute atomic E-state index is 13.2. The van der Waals surface area contributed by atoms with Crippen LogP contribution in [0.15, 0.2) is 76.5 Å². The normalized spacial score (nSPS) is 11.2. The molecule has 6 heteroatoms. The van der Waals surface area contributed by atoms with Gasteiger partial charge in [0.25, 0.3) is 0 Å². The summed E-state index contributed by atoms with van der Waals surface area (Å²) in [6.07, 6.45) is 0. The molecule has 0 aromatic heterocycles. The predicted molar refractivity (Wildman–Crippen MR) is 118 cm³/mol. The molecule has 3 aromatic rings. The van der Waals surface area contributed by atoms with Gasteiger partial charge < -0.3 is 10.1 Å². The molecule has 0 saturated carbocycles. The Bertz CT molecular complexity index is 1130. The summed E-state index contributed by atoms with van der Waals surface area (Å²) in [5.41, 5.74) is 3.92. The van der Waals surface area contributed by atoms with Crippen molar-refractivity contribution in [3.63, 3.8) is 0 Å². The van der Waals surface area contributed by atoms with Crippen LogP contribution in [-0.2, 0) is 21.1 Å². The Hall–Kier alpha value is -3.12. The molecule has 0 spiro atoms. The summed E-state index contributed by atoms with van der Waals surface area (Å²) < 4.78 is 31.4. The first-order chi connectivity index (χ1) is 14.3. The van der Waals surface area contributed by atoms with Gasteiger partial charge >= 0.3 is 5.97 Å². The van der Waals surface area contributed by atoms with Crippen LogP contribution in [0.3, 0.4) is 0 Å². The van der Waals surface area contributed by atoms with Gasteiger partial charge in [0.05, 0.1) is 22.0 Å². The van der Waals surface area contributed by atoms with Crippen LogP contribution >= 0.6 is 0 Å². The van der Waals surface area contributed by atoms with Crippen molar-refractivity contribution in [2.75, 3.05) is 11.9 Å². The van der Waals surface area contributed by atoms with Crippen LogP contribution in [0.4, 0.5) is 5.69 Å². The molecule has 0 fully saturated rings. The molecule has 0 aliphatic heterocycles. The van der Waals surface area contributed by atoms with E-state index < -0.39 is 9.84 Å². The van der Waals surface area contributed by atoms with Crippen molar-refractivity contribution in [3.8, 4) is 0 Å². The van der Waals surface area contributed by atoms with Gasteiger partial charge in [0.2, 0.25) is 9.84 Å². The van der Waals surface area contributed by atoms with Crippen molar-refractivity contribution in [2.45, 2.75) is 37.1 Å². The van der Waals surface area contributed by atoms with E-state index in [0.717, 1.165) is 16.8 Å². The second-order valence-electron chi connectivity index (χ2n) is 7.08. The molecule has 0 heterocycles. The number of sulfone groups is 1. The topological polar surface area (TPSA) is 72.5 Å². The lowest BCUT2D eigenvalue weighted by atomic mass is 10.1. The summed E-state index contributed by atoms with van der Waals surface area (Å²) in [5.74, 6) is -0.366. The number of nitrogens with one attached hydrogen (secondary N) is 1. The number of benzene rings is 3. The number of anilines is 1. The highest BCUT2D eigenvalue weighted by Crippen LogP contribution is 2.26. The Balaban J connectivity index is 1.84. The number of carbonyl (C=O) groups is 1. The summed E-state index contributed by atoms with van der Waals surface area (Å²) >= 11 is 0. The van der Waals surface area contributed by atoms with Crippen molar-refractivity contribution in [2.24, 2.45) is 0 Å². The summed E-state index contributed by atoms with van der Waals surface area (Å²) in [5, 5.41) is 3.24. The van der Waals surface area contributed by atoms with Gasteiger partial charge in [-0.25, -0.2) is 13.2 Å². The fourth-order valence-electron chi connectivity index (χ4n) is 3.09. The SMILES string of the molecule is CCOC(=O)c1ccc(NCc2cc(C)ccc2S(=O)(=O)c2ccc(C)cc2)cc1. The molecule has 30 heavy (non-hydrogen) atoms. The van der Waals surface area contributed by atoms with Crippen molar-refractivity contribution in [3.05, 3.63) is 89.0 Å². The summed E-state index contributed by atoms with van der Waals surface area (Å²) in [6.45, 7) is 6.27. The van der Waals surface area contributed by atoms with Crippen LogP contribution in [0, 0.1) is 13.8 Å². The second kappa shape index (κ2) is 9.13. The molecule has 0 radical (unpaired) electrons. The first-order valence-electron chi connectivity index (χ1n) is 9.73. The third kappa shape index (κ3) is 4.89. The number of ether oxygens (including phenoxy) is 1. The molecule has 0 aliphatic rings. The lowest BCUT2D eigenvalue weighted by molar-refractivity contribution is 0.0526. The average molecular weight is 424 g/mol. The van der Waals surface area contributed by atoms with Gasteiger partial charge in [-0.2, -0.15) is 0 Å². The first-order valence-corrected chi connectivity index (χ1v) is 11.2. The van der Waals surface area contributed by atoms with E-state index in [4.69, 9.17) is 4.74 Å². The van der Waals surface area contributed by atoms with E-state index in [1.54, 1.807) is 67.6 Å². The molecule has 0 unspecified atom stereocenters. The molecule has 156 valence electrons. The zero-order valence-corrected chi connectivity index (χ0v) is 18.1. The fourth-order valence-corrected chi connectivity index (χ4v) is 4.56. The first kappa shape index (κ1) is 21.6. The summed E-state index contributed by atoms with van der Waals surface area (Å²) in [6, 6.07) is 19.1. The Kier molecular flexibility index (Phi) is 6.57. The van der Waals surface area contributed by atoms with E-state index in [9.17, 15) is 13.2 Å². The number of esters is 1. The van der Waals surface area contributed by atoms with E-state index >= 15 is 0 Å². The lowest BCUT2D eigenvalue weighted by Gasteiger charge is -2.14. The predicted octanol–water partition coefficient (Wildman–Crippen LogP) is 4.93. The minimum absolute atomic E-state index is 0.275. The number of hydrogen-bond donors (Lipinski definition) is 1. The Labute approximate surface area is 177 Å². The van der Waals surface area contributed by atoms with E-state index in [1.165, 1.54) is 0 Å². The van der Waals surface area contributed by atoms with Crippen LogP contribution in [0.5, 0.6) is 0 Å². The standard InChI is InChI=1S/C24H25NO4S/c1-4-29-24(26)19-8-10-21(11-9-19)25-16-20-15-18(3)7-14-23(20)30(27,28)22-12-5-17(2)6-13-22/h5-15,25H,4,16H2,1-3H3. The van der Waals surface area contributed by atoms with Crippen LogP contribution in [0.2, 0.25) is 0 Å². The Morgan fingerprint density at radius 3 is 2.17 bits per heavy atom. The molecule has 0 amide bonds. The molecular formula is C24H25NO4S. The maximum atomic E-state index is 13.2. The fraction of sp³-hybridized carbons (Fsp3) is 0.208. The number of hydrogen-bond acceptors (Lipinski definition) is 5. The Morgan fingerprint density at radius 2 is 1.53 bits per heavy atom. The van der Waals surface area contributed by atoms with E-state index in [0.29, 0.717) is 24.3 Å². The van der Waals surface area contributed by atoms with E-state index in [2.05, 4.69) is 5.32 Å². The highest BCUT2D eigenvalue weighted by molar-refractivity contribution is 7.91. The minimum Gasteiger partial charge on any atom is -0.462 e.